The molecule has 0 unspecified atom stereocenters. The maximum atomic E-state index is 10.4. The number of aryl methyl sites for hydroxylation is 1. The Morgan fingerprint density at radius 2 is 2.18 bits per heavy atom. The molecular formula is C8H7BrO2. The van der Waals surface area contributed by atoms with Crippen molar-refractivity contribution in [2.75, 3.05) is 0 Å². The maximum Gasteiger partial charge on any atom is 0.151 e. The van der Waals surface area contributed by atoms with Gasteiger partial charge in [0.1, 0.15) is 5.75 Å². The summed E-state index contributed by atoms with van der Waals surface area (Å²) in [6, 6.07) is 3.30. The Labute approximate surface area is 73.0 Å². The Balaban J connectivity index is 3.35. The van der Waals surface area contributed by atoms with Crippen molar-refractivity contribution in [2.45, 2.75) is 6.92 Å². The van der Waals surface area contributed by atoms with Crippen LogP contribution >= 0.6 is 15.9 Å². The number of aldehydes is 1. The number of phenols is 1. The van der Waals surface area contributed by atoms with Crippen molar-refractivity contribution >= 4 is 22.2 Å². The molecule has 0 aliphatic heterocycles. The molecule has 3 heteroatoms. The second kappa shape index (κ2) is 3.05. The van der Waals surface area contributed by atoms with E-state index in [1.54, 1.807) is 12.1 Å². The Morgan fingerprint density at radius 1 is 1.55 bits per heavy atom. The highest BCUT2D eigenvalue weighted by molar-refractivity contribution is 9.10. The number of hydrogen-bond acceptors (Lipinski definition) is 2. The van der Waals surface area contributed by atoms with Gasteiger partial charge < -0.3 is 5.11 Å². The zero-order valence-corrected chi connectivity index (χ0v) is 7.55. The minimum atomic E-state index is 0.104. The molecule has 0 saturated heterocycles. The Kier molecular flexibility index (Phi) is 2.29. The van der Waals surface area contributed by atoms with E-state index in [9.17, 15) is 9.90 Å². The zero-order valence-electron chi connectivity index (χ0n) is 5.97. The van der Waals surface area contributed by atoms with Crippen molar-refractivity contribution in [1.82, 2.24) is 0 Å². The van der Waals surface area contributed by atoms with Crippen molar-refractivity contribution in [3.8, 4) is 5.75 Å². The normalized spacial score (nSPS) is 9.64. The number of phenolic OH excluding ortho intramolecular Hbond substituents is 1. The molecule has 0 aliphatic carbocycles. The van der Waals surface area contributed by atoms with E-state index in [2.05, 4.69) is 15.9 Å². The first-order chi connectivity index (χ1) is 5.15. The molecule has 1 rings (SSSR count). The van der Waals surface area contributed by atoms with E-state index in [-0.39, 0.29) is 5.75 Å². The summed E-state index contributed by atoms with van der Waals surface area (Å²) in [5.41, 5.74) is 1.34. The Morgan fingerprint density at radius 3 is 2.73 bits per heavy atom. The molecule has 1 N–H and O–H groups in total. The van der Waals surface area contributed by atoms with E-state index in [0.717, 1.165) is 5.56 Å². The fourth-order valence-electron chi connectivity index (χ4n) is 0.863. The van der Waals surface area contributed by atoms with Gasteiger partial charge in [-0.3, -0.25) is 4.79 Å². The lowest BCUT2D eigenvalue weighted by Gasteiger charge is -2.00. The number of carbonyl (C=O) groups is 1. The van der Waals surface area contributed by atoms with Crippen molar-refractivity contribution < 1.29 is 9.90 Å². The highest BCUT2D eigenvalue weighted by Crippen LogP contribution is 2.27. The summed E-state index contributed by atoms with van der Waals surface area (Å²) in [6.45, 7) is 1.82. The second-order valence-electron chi connectivity index (χ2n) is 2.31. The summed E-state index contributed by atoms with van der Waals surface area (Å²) in [5, 5.41) is 9.21. The zero-order chi connectivity index (χ0) is 8.43. The molecule has 0 fully saturated rings. The third-order valence-electron chi connectivity index (χ3n) is 1.35. The summed E-state index contributed by atoms with van der Waals surface area (Å²) in [6.07, 6.45) is 0.705. The first kappa shape index (κ1) is 8.27. The predicted octanol–water partition coefficient (Wildman–Crippen LogP) is 2.28. The van der Waals surface area contributed by atoms with E-state index in [4.69, 9.17) is 0 Å². The van der Waals surface area contributed by atoms with Crippen LogP contribution in [0.25, 0.3) is 0 Å². The number of halogens is 1. The second-order valence-corrected chi connectivity index (χ2v) is 3.10. The van der Waals surface area contributed by atoms with Crippen LogP contribution in [0.1, 0.15) is 15.9 Å². The van der Waals surface area contributed by atoms with Crippen LogP contribution in [0.15, 0.2) is 16.6 Å². The molecule has 11 heavy (non-hydrogen) atoms. The molecule has 2 nitrogen and oxygen atoms in total. The number of benzene rings is 1. The molecule has 0 saturated carbocycles. The average Bonchev–Trinajstić information content (AvgIpc) is 1.96. The summed E-state index contributed by atoms with van der Waals surface area (Å²) in [5.74, 6) is 0.104. The maximum absolute atomic E-state index is 10.4. The van der Waals surface area contributed by atoms with Gasteiger partial charge in [-0.15, -0.1) is 0 Å². The fourth-order valence-corrected chi connectivity index (χ4v) is 1.19. The van der Waals surface area contributed by atoms with Gasteiger partial charge in [-0.1, -0.05) is 0 Å². The topological polar surface area (TPSA) is 37.3 Å². The van der Waals surface area contributed by atoms with Gasteiger partial charge in [0.2, 0.25) is 0 Å². The molecular weight excluding hydrogens is 208 g/mol. The molecule has 0 heterocycles. The molecule has 0 atom stereocenters. The Bertz CT molecular complexity index is 294. The smallest absolute Gasteiger partial charge is 0.151 e. The van der Waals surface area contributed by atoms with Gasteiger partial charge in [0.15, 0.2) is 6.29 Å². The molecule has 1 aromatic rings. The van der Waals surface area contributed by atoms with Gasteiger partial charge in [0.25, 0.3) is 0 Å². The first-order valence-corrected chi connectivity index (χ1v) is 3.88. The monoisotopic (exact) mass is 214 g/mol. The van der Waals surface area contributed by atoms with Gasteiger partial charge in [-0.25, -0.2) is 0 Å². The van der Waals surface area contributed by atoms with Crippen molar-refractivity contribution in [3.63, 3.8) is 0 Å². The molecule has 0 spiro atoms. The largest absolute Gasteiger partial charge is 0.507 e. The van der Waals surface area contributed by atoms with Crippen LogP contribution in [0.2, 0.25) is 0 Å². The van der Waals surface area contributed by atoms with Crippen LogP contribution in [-0.2, 0) is 0 Å². The quantitative estimate of drug-likeness (QED) is 0.729. The minimum absolute atomic E-state index is 0.104. The lowest BCUT2D eigenvalue weighted by atomic mass is 10.1. The number of hydrogen-bond donors (Lipinski definition) is 1. The van der Waals surface area contributed by atoms with Crippen LogP contribution in [0.4, 0.5) is 0 Å². The van der Waals surface area contributed by atoms with Crippen LogP contribution in [0.3, 0.4) is 0 Å². The van der Waals surface area contributed by atoms with Crippen LogP contribution in [0.5, 0.6) is 5.75 Å². The van der Waals surface area contributed by atoms with Gasteiger partial charge in [0.05, 0.1) is 4.47 Å². The van der Waals surface area contributed by atoms with E-state index in [1.807, 2.05) is 6.92 Å². The average molecular weight is 215 g/mol. The van der Waals surface area contributed by atoms with Crippen molar-refractivity contribution in [3.05, 3.63) is 27.7 Å². The van der Waals surface area contributed by atoms with Crippen LogP contribution in [0, 0.1) is 6.92 Å². The van der Waals surface area contributed by atoms with E-state index in [0.29, 0.717) is 16.3 Å². The van der Waals surface area contributed by atoms with Crippen molar-refractivity contribution in [2.24, 2.45) is 0 Å². The van der Waals surface area contributed by atoms with E-state index in [1.165, 1.54) is 0 Å². The summed E-state index contributed by atoms with van der Waals surface area (Å²) in [4.78, 5) is 10.4. The SMILES string of the molecule is Cc1cc(O)c(Br)c(C=O)c1. The summed E-state index contributed by atoms with van der Waals surface area (Å²) >= 11 is 3.09. The number of carbonyl (C=O) groups excluding carboxylic acids is 1. The molecule has 0 bridgehead atoms. The predicted molar refractivity (Wildman–Crippen MR) is 45.9 cm³/mol. The highest BCUT2D eigenvalue weighted by atomic mass is 79.9. The van der Waals surface area contributed by atoms with Gasteiger partial charge in [-0.2, -0.15) is 0 Å². The van der Waals surface area contributed by atoms with Gasteiger partial charge >= 0.3 is 0 Å². The van der Waals surface area contributed by atoms with Gasteiger partial charge in [0, 0.05) is 5.56 Å². The fraction of sp³-hybridized carbons (Fsp3) is 0.125. The number of rotatable bonds is 1. The summed E-state index contributed by atoms with van der Waals surface area (Å²) in [7, 11) is 0. The lowest BCUT2D eigenvalue weighted by Crippen LogP contribution is -1.84. The van der Waals surface area contributed by atoms with E-state index >= 15 is 0 Å². The minimum Gasteiger partial charge on any atom is -0.507 e. The lowest BCUT2D eigenvalue weighted by molar-refractivity contribution is 0.112. The molecule has 0 aliphatic rings. The first-order valence-electron chi connectivity index (χ1n) is 3.09. The Hall–Kier alpha value is -0.830. The van der Waals surface area contributed by atoms with Crippen molar-refractivity contribution in [1.29, 1.82) is 0 Å². The highest BCUT2D eigenvalue weighted by Gasteiger charge is 2.03. The standard InChI is InChI=1S/C8H7BrO2/c1-5-2-6(4-10)8(9)7(11)3-5/h2-4,11H,1H3. The third-order valence-corrected chi connectivity index (χ3v) is 2.22. The van der Waals surface area contributed by atoms with E-state index < -0.39 is 0 Å². The molecule has 1 aromatic carbocycles. The molecule has 0 aromatic heterocycles. The van der Waals surface area contributed by atoms with Crippen LogP contribution in [-0.4, -0.2) is 11.4 Å². The molecule has 0 radical (unpaired) electrons. The number of aromatic hydroxyl groups is 1. The van der Waals surface area contributed by atoms with Gasteiger partial charge in [-0.05, 0) is 40.5 Å². The molecule has 58 valence electrons. The molecule has 0 amide bonds. The third kappa shape index (κ3) is 1.60. The summed E-state index contributed by atoms with van der Waals surface area (Å²) < 4.78 is 0.457. The van der Waals surface area contributed by atoms with Crippen LogP contribution < -0.4 is 0 Å².